The average Bonchev–Trinajstić information content (AvgIpc) is 3.21. The zero-order chi connectivity index (χ0) is 13.0. The number of hydrogen-bond donors (Lipinski definition) is 0. The largest absolute Gasteiger partial charge is 0.353 e. The molecule has 1 aliphatic carbocycles. The predicted molar refractivity (Wildman–Crippen MR) is 77.9 cm³/mol. The fraction of sp³-hybridized carbons (Fsp3) is 0.467. The van der Waals surface area contributed by atoms with E-state index in [4.69, 9.17) is 16.6 Å². The summed E-state index contributed by atoms with van der Waals surface area (Å²) in [6.45, 7) is 3.34. The van der Waals surface area contributed by atoms with Crippen molar-refractivity contribution in [2.24, 2.45) is 0 Å². The van der Waals surface area contributed by atoms with Crippen molar-refractivity contribution in [3.05, 3.63) is 29.2 Å². The van der Waals surface area contributed by atoms with Crippen LogP contribution in [-0.4, -0.2) is 22.6 Å². The van der Waals surface area contributed by atoms with Crippen molar-refractivity contribution in [1.29, 1.82) is 0 Å². The van der Waals surface area contributed by atoms with E-state index < -0.39 is 0 Å². The van der Waals surface area contributed by atoms with Gasteiger partial charge in [-0.3, -0.25) is 0 Å². The van der Waals surface area contributed by atoms with Gasteiger partial charge in [0.05, 0.1) is 0 Å². The fourth-order valence-electron chi connectivity index (χ4n) is 2.90. The number of halogens is 1. The monoisotopic (exact) mass is 273 g/mol. The Kier molecular flexibility index (Phi) is 2.46. The summed E-state index contributed by atoms with van der Waals surface area (Å²) >= 11 is 6.08. The second kappa shape index (κ2) is 4.07. The van der Waals surface area contributed by atoms with Crippen molar-refractivity contribution in [2.75, 3.05) is 11.4 Å². The van der Waals surface area contributed by atoms with E-state index in [0.29, 0.717) is 17.1 Å². The van der Waals surface area contributed by atoms with Crippen molar-refractivity contribution in [3.63, 3.8) is 0 Å². The standard InChI is InChI=1S/C15H16ClN3/c1-9-4-5-19(9)15-13-8-17-14(16)6-11(13)12(7-18-15)10-2-3-10/h6-10H,2-5H2,1H3/t9-/m1/s1. The first-order chi connectivity index (χ1) is 9.24. The molecule has 1 saturated heterocycles. The molecule has 2 fully saturated rings. The molecule has 4 heteroatoms. The van der Waals surface area contributed by atoms with Crippen LogP contribution in [0.3, 0.4) is 0 Å². The minimum atomic E-state index is 0.572. The predicted octanol–water partition coefficient (Wildman–Crippen LogP) is 3.76. The molecule has 2 aliphatic rings. The summed E-state index contributed by atoms with van der Waals surface area (Å²) in [4.78, 5) is 11.3. The Morgan fingerprint density at radius 1 is 1.16 bits per heavy atom. The fourth-order valence-corrected chi connectivity index (χ4v) is 3.05. The van der Waals surface area contributed by atoms with Gasteiger partial charge in [0.15, 0.2) is 0 Å². The summed E-state index contributed by atoms with van der Waals surface area (Å²) in [5, 5.41) is 2.97. The molecule has 1 aliphatic heterocycles. The molecular weight excluding hydrogens is 258 g/mol. The van der Waals surface area contributed by atoms with Crippen LogP contribution in [0.5, 0.6) is 0 Å². The molecule has 0 N–H and O–H groups in total. The highest BCUT2D eigenvalue weighted by atomic mass is 35.5. The van der Waals surface area contributed by atoms with Gasteiger partial charge in [-0.25, -0.2) is 9.97 Å². The van der Waals surface area contributed by atoms with Crippen LogP contribution in [0.15, 0.2) is 18.5 Å². The molecule has 1 atom stereocenters. The van der Waals surface area contributed by atoms with Gasteiger partial charge in [0.2, 0.25) is 0 Å². The normalized spacial score (nSPS) is 22.6. The van der Waals surface area contributed by atoms with Gasteiger partial charge in [0.1, 0.15) is 11.0 Å². The lowest BCUT2D eigenvalue weighted by atomic mass is 10.0. The van der Waals surface area contributed by atoms with Crippen LogP contribution < -0.4 is 4.90 Å². The van der Waals surface area contributed by atoms with E-state index >= 15 is 0 Å². The minimum absolute atomic E-state index is 0.572. The number of hydrogen-bond acceptors (Lipinski definition) is 3. The lowest BCUT2D eigenvalue weighted by molar-refractivity contribution is 0.478. The minimum Gasteiger partial charge on any atom is -0.353 e. The Labute approximate surface area is 117 Å². The van der Waals surface area contributed by atoms with Crippen LogP contribution in [0.2, 0.25) is 5.15 Å². The van der Waals surface area contributed by atoms with E-state index in [2.05, 4.69) is 23.0 Å². The topological polar surface area (TPSA) is 29.0 Å². The summed E-state index contributed by atoms with van der Waals surface area (Å²) < 4.78 is 0. The van der Waals surface area contributed by atoms with Gasteiger partial charge in [-0.15, -0.1) is 0 Å². The van der Waals surface area contributed by atoms with Crippen molar-refractivity contribution < 1.29 is 0 Å². The number of pyridine rings is 2. The molecule has 98 valence electrons. The summed E-state index contributed by atoms with van der Waals surface area (Å²) in [6.07, 6.45) is 7.73. The second-order valence-electron chi connectivity index (χ2n) is 5.70. The van der Waals surface area contributed by atoms with Crippen LogP contribution in [0.4, 0.5) is 5.82 Å². The Morgan fingerprint density at radius 2 is 2.00 bits per heavy atom. The third kappa shape index (κ3) is 1.79. The highest BCUT2D eigenvalue weighted by molar-refractivity contribution is 6.30. The van der Waals surface area contributed by atoms with E-state index in [1.807, 2.05) is 12.3 Å². The molecule has 0 aromatic carbocycles. The van der Waals surface area contributed by atoms with E-state index in [-0.39, 0.29) is 0 Å². The molecule has 4 rings (SSSR count). The summed E-state index contributed by atoms with van der Waals surface area (Å²) in [5.41, 5.74) is 1.34. The first kappa shape index (κ1) is 11.5. The van der Waals surface area contributed by atoms with Crippen LogP contribution in [-0.2, 0) is 0 Å². The van der Waals surface area contributed by atoms with Gasteiger partial charge < -0.3 is 4.90 Å². The first-order valence-electron chi connectivity index (χ1n) is 6.95. The molecule has 3 heterocycles. The zero-order valence-electron chi connectivity index (χ0n) is 10.9. The zero-order valence-corrected chi connectivity index (χ0v) is 11.7. The highest BCUT2D eigenvalue weighted by Gasteiger charge is 2.30. The van der Waals surface area contributed by atoms with Crippen molar-refractivity contribution in [3.8, 4) is 0 Å². The summed E-state index contributed by atoms with van der Waals surface area (Å²) in [7, 11) is 0. The quantitative estimate of drug-likeness (QED) is 0.780. The molecule has 19 heavy (non-hydrogen) atoms. The Balaban J connectivity index is 1.93. The maximum absolute atomic E-state index is 6.08. The highest BCUT2D eigenvalue weighted by Crippen LogP contribution is 2.44. The van der Waals surface area contributed by atoms with Gasteiger partial charge in [-0.1, -0.05) is 11.6 Å². The lowest BCUT2D eigenvalue weighted by Crippen LogP contribution is -2.46. The van der Waals surface area contributed by atoms with Gasteiger partial charge in [-0.05, 0) is 49.1 Å². The Hall–Kier alpha value is -1.35. The molecule has 0 radical (unpaired) electrons. The second-order valence-corrected chi connectivity index (χ2v) is 6.08. The van der Waals surface area contributed by atoms with Crippen LogP contribution in [0.25, 0.3) is 10.8 Å². The number of rotatable bonds is 2. The molecule has 0 spiro atoms. The molecule has 1 saturated carbocycles. The van der Waals surface area contributed by atoms with Crippen molar-refractivity contribution >= 4 is 28.2 Å². The number of fused-ring (bicyclic) bond motifs is 1. The molecule has 2 aromatic heterocycles. The average molecular weight is 274 g/mol. The van der Waals surface area contributed by atoms with Crippen LogP contribution in [0, 0.1) is 0 Å². The number of nitrogens with zero attached hydrogens (tertiary/aromatic N) is 3. The number of aromatic nitrogens is 2. The van der Waals surface area contributed by atoms with E-state index in [0.717, 1.165) is 17.7 Å². The smallest absolute Gasteiger partial charge is 0.138 e. The maximum atomic E-state index is 6.08. The van der Waals surface area contributed by atoms with E-state index in [1.54, 1.807) is 0 Å². The van der Waals surface area contributed by atoms with Gasteiger partial charge >= 0.3 is 0 Å². The summed E-state index contributed by atoms with van der Waals surface area (Å²) in [6, 6.07) is 2.58. The SMILES string of the molecule is C[C@@H]1CCN1c1ncc(C2CC2)c2cc(Cl)ncc12. The molecule has 0 amide bonds. The van der Waals surface area contributed by atoms with E-state index in [1.165, 1.54) is 30.2 Å². The molecule has 2 aromatic rings. The summed E-state index contributed by atoms with van der Waals surface area (Å²) in [5.74, 6) is 1.75. The maximum Gasteiger partial charge on any atom is 0.138 e. The lowest BCUT2D eigenvalue weighted by Gasteiger charge is -2.40. The Bertz CT molecular complexity index is 651. The molecule has 0 bridgehead atoms. The van der Waals surface area contributed by atoms with Gasteiger partial charge in [-0.2, -0.15) is 0 Å². The Morgan fingerprint density at radius 3 is 2.63 bits per heavy atom. The number of anilines is 1. The third-order valence-electron chi connectivity index (χ3n) is 4.36. The van der Waals surface area contributed by atoms with Gasteiger partial charge in [0.25, 0.3) is 0 Å². The molecular formula is C15H16ClN3. The van der Waals surface area contributed by atoms with Gasteiger partial charge in [0, 0.05) is 30.4 Å². The van der Waals surface area contributed by atoms with Crippen LogP contribution >= 0.6 is 11.6 Å². The molecule has 0 unspecified atom stereocenters. The van der Waals surface area contributed by atoms with Crippen molar-refractivity contribution in [1.82, 2.24) is 9.97 Å². The van der Waals surface area contributed by atoms with E-state index in [9.17, 15) is 0 Å². The third-order valence-corrected chi connectivity index (χ3v) is 4.56. The molecule has 3 nitrogen and oxygen atoms in total. The first-order valence-corrected chi connectivity index (χ1v) is 7.32. The van der Waals surface area contributed by atoms with Crippen LogP contribution in [0.1, 0.15) is 37.7 Å². The van der Waals surface area contributed by atoms with Crippen molar-refractivity contribution in [2.45, 2.75) is 38.1 Å².